The lowest BCUT2D eigenvalue weighted by molar-refractivity contribution is -0.121. The number of benzene rings is 1. The van der Waals surface area contributed by atoms with Gasteiger partial charge in [-0.05, 0) is 39.4 Å². The normalized spacial score (nSPS) is 11.3. The highest BCUT2D eigenvalue weighted by molar-refractivity contribution is 5.81. The van der Waals surface area contributed by atoms with Gasteiger partial charge in [-0.25, -0.2) is 4.68 Å². The number of nitrogens with zero attached hydrogens (tertiary/aromatic N) is 4. The molecule has 0 aliphatic carbocycles. The Balaban J connectivity index is 1.42. The van der Waals surface area contributed by atoms with Crippen molar-refractivity contribution in [2.24, 2.45) is 0 Å². The molecular weight excluding hydrogens is 370 g/mol. The van der Waals surface area contributed by atoms with E-state index in [9.17, 15) is 9.59 Å². The summed E-state index contributed by atoms with van der Waals surface area (Å²) in [5.41, 5.74) is 1.86. The molecule has 2 heterocycles. The van der Waals surface area contributed by atoms with Crippen LogP contribution < -0.4 is 10.9 Å². The van der Waals surface area contributed by atoms with Crippen LogP contribution in [0.15, 0.2) is 39.6 Å². The number of aromatic nitrogens is 3. The summed E-state index contributed by atoms with van der Waals surface area (Å²) in [4.78, 5) is 26.8. The van der Waals surface area contributed by atoms with Crippen LogP contribution >= 0.6 is 0 Å². The Kier molecular flexibility index (Phi) is 6.77. The summed E-state index contributed by atoms with van der Waals surface area (Å²) in [5.74, 6) is 0.475. The summed E-state index contributed by atoms with van der Waals surface area (Å²) < 4.78 is 6.38. The fourth-order valence-electron chi connectivity index (χ4n) is 3.34. The van der Waals surface area contributed by atoms with Gasteiger partial charge in [0.05, 0.1) is 17.6 Å². The van der Waals surface area contributed by atoms with Gasteiger partial charge in [0.25, 0.3) is 5.56 Å². The molecule has 1 amide bonds. The van der Waals surface area contributed by atoms with Crippen molar-refractivity contribution in [3.63, 3.8) is 0 Å². The zero-order valence-corrected chi connectivity index (χ0v) is 17.1. The average molecular weight is 397 g/mol. The molecule has 0 fully saturated rings. The monoisotopic (exact) mass is 397 g/mol. The summed E-state index contributed by atoms with van der Waals surface area (Å²) in [7, 11) is 2.07. The highest BCUT2D eigenvalue weighted by atomic mass is 16.5. The molecule has 0 aliphatic rings. The van der Waals surface area contributed by atoms with Crippen LogP contribution in [0.5, 0.6) is 0 Å². The lowest BCUT2D eigenvalue weighted by Gasteiger charge is -2.16. The molecular formula is C21H27N5O3. The second kappa shape index (κ2) is 9.47. The number of carbonyl (C=O) groups is 1. The lowest BCUT2D eigenvalue weighted by Crippen LogP contribution is -2.31. The van der Waals surface area contributed by atoms with E-state index in [0.29, 0.717) is 23.4 Å². The predicted molar refractivity (Wildman–Crippen MR) is 111 cm³/mol. The molecule has 0 radical (unpaired) electrons. The fraction of sp³-hybridized carbons (Fsp3) is 0.429. The van der Waals surface area contributed by atoms with Crippen LogP contribution in [0, 0.1) is 13.8 Å². The highest BCUT2D eigenvalue weighted by Crippen LogP contribution is 2.16. The minimum absolute atomic E-state index is 0.0986. The Bertz CT molecular complexity index is 1030. The Labute approximate surface area is 169 Å². The van der Waals surface area contributed by atoms with Gasteiger partial charge < -0.3 is 14.7 Å². The molecule has 0 saturated carbocycles. The van der Waals surface area contributed by atoms with Crippen molar-refractivity contribution in [2.45, 2.75) is 39.8 Å². The number of carbonyl (C=O) groups excluding carboxylic acids is 1. The molecule has 29 heavy (non-hydrogen) atoms. The molecule has 0 atom stereocenters. The van der Waals surface area contributed by atoms with Crippen molar-refractivity contribution in [1.82, 2.24) is 25.2 Å². The molecule has 8 nitrogen and oxygen atoms in total. The highest BCUT2D eigenvalue weighted by Gasteiger charge is 2.15. The first-order valence-electron chi connectivity index (χ1n) is 9.78. The SMILES string of the molecule is Cc1nn(CCC(=O)NCCCN(C)Cc2ccccc2)c(=O)c2noc(C)c12. The lowest BCUT2D eigenvalue weighted by atomic mass is 10.2. The first kappa shape index (κ1) is 20.7. The van der Waals surface area contributed by atoms with E-state index in [-0.39, 0.29) is 29.9 Å². The minimum atomic E-state index is -0.335. The topological polar surface area (TPSA) is 93.3 Å². The molecule has 1 aromatic carbocycles. The molecule has 1 N–H and O–H groups in total. The smallest absolute Gasteiger partial charge is 0.296 e. The molecule has 2 aromatic heterocycles. The summed E-state index contributed by atoms with van der Waals surface area (Å²) in [6.07, 6.45) is 1.05. The van der Waals surface area contributed by atoms with Crippen LogP contribution in [0.3, 0.4) is 0 Å². The van der Waals surface area contributed by atoms with Crippen molar-refractivity contribution in [3.8, 4) is 0 Å². The third-order valence-electron chi connectivity index (χ3n) is 4.82. The van der Waals surface area contributed by atoms with Crippen LogP contribution in [0.2, 0.25) is 0 Å². The molecule has 0 spiro atoms. The molecule has 0 unspecified atom stereocenters. The maximum atomic E-state index is 12.4. The maximum absolute atomic E-state index is 12.4. The minimum Gasteiger partial charge on any atom is -0.360 e. The number of rotatable bonds is 9. The number of hydrogen-bond donors (Lipinski definition) is 1. The van der Waals surface area contributed by atoms with E-state index in [1.807, 2.05) is 18.2 Å². The van der Waals surface area contributed by atoms with E-state index in [0.717, 1.165) is 19.5 Å². The van der Waals surface area contributed by atoms with E-state index >= 15 is 0 Å². The van der Waals surface area contributed by atoms with Gasteiger partial charge in [0.1, 0.15) is 5.76 Å². The Morgan fingerprint density at radius 3 is 2.76 bits per heavy atom. The Morgan fingerprint density at radius 1 is 1.24 bits per heavy atom. The van der Waals surface area contributed by atoms with E-state index in [2.05, 4.69) is 39.7 Å². The van der Waals surface area contributed by atoms with Gasteiger partial charge in [-0.2, -0.15) is 5.10 Å². The second-order valence-corrected chi connectivity index (χ2v) is 7.25. The van der Waals surface area contributed by atoms with Crippen molar-refractivity contribution < 1.29 is 9.32 Å². The standard InChI is InChI=1S/C21H27N5O3/c1-15-19-16(2)29-24-20(19)21(28)26(23-15)13-10-18(27)22-11-7-12-25(3)14-17-8-5-4-6-9-17/h4-6,8-9H,7,10-14H2,1-3H3,(H,22,27). The van der Waals surface area contributed by atoms with Crippen LogP contribution in [0.4, 0.5) is 0 Å². The van der Waals surface area contributed by atoms with Gasteiger partial charge in [0, 0.05) is 19.5 Å². The Hall–Kier alpha value is -3.00. The van der Waals surface area contributed by atoms with Gasteiger partial charge in [0.15, 0.2) is 5.52 Å². The van der Waals surface area contributed by atoms with Crippen LogP contribution in [0.1, 0.15) is 29.9 Å². The van der Waals surface area contributed by atoms with Crippen molar-refractivity contribution >= 4 is 16.8 Å². The number of amides is 1. The molecule has 154 valence electrons. The summed E-state index contributed by atoms with van der Waals surface area (Å²) in [5, 5.41) is 11.7. The van der Waals surface area contributed by atoms with Crippen LogP contribution in [-0.2, 0) is 17.9 Å². The van der Waals surface area contributed by atoms with E-state index in [1.165, 1.54) is 10.2 Å². The Morgan fingerprint density at radius 2 is 2.00 bits per heavy atom. The first-order valence-corrected chi connectivity index (χ1v) is 9.78. The molecule has 8 heteroatoms. The second-order valence-electron chi connectivity index (χ2n) is 7.25. The molecule has 0 saturated heterocycles. The third kappa shape index (κ3) is 5.29. The third-order valence-corrected chi connectivity index (χ3v) is 4.82. The maximum Gasteiger partial charge on any atom is 0.296 e. The fourth-order valence-corrected chi connectivity index (χ4v) is 3.34. The van der Waals surface area contributed by atoms with E-state index < -0.39 is 0 Å². The van der Waals surface area contributed by atoms with Crippen molar-refractivity contribution in [1.29, 1.82) is 0 Å². The molecule has 3 aromatic rings. The van der Waals surface area contributed by atoms with Crippen LogP contribution in [-0.4, -0.2) is 45.9 Å². The predicted octanol–water partition coefficient (Wildman–Crippen LogP) is 2.03. The largest absolute Gasteiger partial charge is 0.360 e. The van der Waals surface area contributed by atoms with E-state index in [4.69, 9.17) is 4.52 Å². The summed E-state index contributed by atoms with van der Waals surface area (Å²) >= 11 is 0. The van der Waals surface area contributed by atoms with E-state index in [1.54, 1.807) is 13.8 Å². The zero-order valence-electron chi connectivity index (χ0n) is 17.1. The van der Waals surface area contributed by atoms with Gasteiger partial charge in [-0.3, -0.25) is 9.59 Å². The first-order chi connectivity index (χ1) is 14.0. The quantitative estimate of drug-likeness (QED) is 0.556. The number of fused-ring (bicyclic) bond motifs is 1. The summed E-state index contributed by atoms with van der Waals surface area (Å²) in [6.45, 7) is 6.12. The van der Waals surface area contributed by atoms with Gasteiger partial charge in [-0.15, -0.1) is 0 Å². The number of hydrogen-bond acceptors (Lipinski definition) is 6. The average Bonchev–Trinajstić information content (AvgIpc) is 3.10. The molecule has 0 aliphatic heterocycles. The number of aryl methyl sites for hydroxylation is 3. The van der Waals surface area contributed by atoms with Gasteiger partial charge in [0.2, 0.25) is 5.91 Å². The molecule has 0 bridgehead atoms. The number of nitrogens with one attached hydrogen (secondary N) is 1. The summed E-state index contributed by atoms with van der Waals surface area (Å²) in [6, 6.07) is 10.3. The van der Waals surface area contributed by atoms with Crippen molar-refractivity contribution in [2.75, 3.05) is 20.1 Å². The zero-order chi connectivity index (χ0) is 20.8. The van der Waals surface area contributed by atoms with Gasteiger partial charge >= 0.3 is 0 Å². The van der Waals surface area contributed by atoms with Crippen molar-refractivity contribution in [3.05, 3.63) is 57.7 Å². The molecule has 3 rings (SSSR count). The van der Waals surface area contributed by atoms with Gasteiger partial charge in [-0.1, -0.05) is 35.5 Å². The van der Waals surface area contributed by atoms with Crippen LogP contribution in [0.25, 0.3) is 10.9 Å².